The second-order valence-electron chi connectivity index (χ2n) is 7.74. The quantitative estimate of drug-likeness (QED) is 0.207. The van der Waals surface area contributed by atoms with Gasteiger partial charge in [-0.1, -0.05) is 69.9 Å². The number of hydrogen-bond acceptors (Lipinski definition) is 5. The first-order valence-electron chi connectivity index (χ1n) is 11.1. The van der Waals surface area contributed by atoms with E-state index in [4.69, 9.17) is 27.9 Å². The Kier molecular flexibility index (Phi) is 11.6. The van der Waals surface area contributed by atoms with Crippen LogP contribution >= 0.6 is 23.2 Å². The van der Waals surface area contributed by atoms with Crippen LogP contribution in [0.2, 0.25) is 0 Å². The maximum Gasteiger partial charge on any atom is 0.252 e. The lowest BCUT2D eigenvalue weighted by molar-refractivity contribution is 0.108. The van der Waals surface area contributed by atoms with Gasteiger partial charge in [0.05, 0.1) is 6.20 Å². The maximum absolute atomic E-state index is 11.4. The highest BCUT2D eigenvalue weighted by molar-refractivity contribution is 6.69. The Morgan fingerprint density at radius 3 is 1.97 bits per heavy atom. The first kappa shape index (κ1) is 25.3. The summed E-state index contributed by atoms with van der Waals surface area (Å²) >= 11 is 11.0. The number of carbonyl (C=O) groups excluding carboxylic acids is 2. The number of hydrogen-bond donors (Lipinski definition) is 0. The summed E-state index contributed by atoms with van der Waals surface area (Å²) in [4.78, 5) is 22.8. The molecule has 0 amide bonds. The van der Waals surface area contributed by atoms with Gasteiger partial charge in [-0.3, -0.25) is 14.3 Å². The van der Waals surface area contributed by atoms with Crippen LogP contribution in [0, 0.1) is 0 Å². The third-order valence-electron chi connectivity index (χ3n) is 5.07. The first-order chi connectivity index (χ1) is 15.0. The first-order valence-corrected chi connectivity index (χ1v) is 11.8. The van der Waals surface area contributed by atoms with E-state index in [2.05, 4.69) is 17.2 Å². The molecular formula is C23H31Cl2N3O3. The number of carbonyl (C=O) groups is 2. The molecular weight excluding hydrogens is 437 g/mol. The number of rotatable bonds is 16. The number of unbranched alkanes of at least 4 members (excludes halogenated alkanes) is 9. The maximum atomic E-state index is 11.4. The smallest absolute Gasteiger partial charge is 0.252 e. The van der Waals surface area contributed by atoms with Crippen molar-refractivity contribution in [2.24, 2.45) is 0 Å². The zero-order valence-electron chi connectivity index (χ0n) is 18.1. The number of benzene rings is 1. The van der Waals surface area contributed by atoms with Crippen LogP contribution in [0.15, 0.2) is 24.4 Å². The Hall–Kier alpha value is -1.92. The topological polar surface area (TPSA) is 74.1 Å². The van der Waals surface area contributed by atoms with Crippen molar-refractivity contribution >= 4 is 33.7 Å². The van der Waals surface area contributed by atoms with Gasteiger partial charge >= 0.3 is 0 Å². The Balaban J connectivity index is 1.69. The monoisotopic (exact) mass is 467 g/mol. The van der Waals surface area contributed by atoms with E-state index in [1.165, 1.54) is 76.0 Å². The molecule has 0 aliphatic rings. The van der Waals surface area contributed by atoms with E-state index >= 15 is 0 Å². The van der Waals surface area contributed by atoms with Gasteiger partial charge in [0.2, 0.25) is 0 Å². The van der Waals surface area contributed by atoms with Crippen LogP contribution in [0.5, 0.6) is 5.75 Å². The van der Waals surface area contributed by atoms with Gasteiger partial charge in [0, 0.05) is 17.7 Å². The number of aryl methyl sites for hydroxylation is 1. The van der Waals surface area contributed by atoms with E-state index < -0.39 is 10.5 Å². The van der Waals surface area contributed by atoms with E-state index in [0.29, 0.717) is 11.4 Å². The van der Waals surface area contributed by atoms with Gasteiger partial charge in [0.15, 0.2) is 0 Å². The summed E-state index contributed by atoms with van der Waals surface area (Å²) < 4.78 is 7.47. The van der Waals surface area contributed by atoms with Crippen molar-refractivity contribution < 1.29 is 14.3 Å². The van der Waals surface area contributed by atoms with Gasteiger partial charge in [0.25, 0.3) is 10.5 Å². The Bertz CT molecular complexity index is 807. The van der Waals surface area contributed by atoms with Gasteiger partial charge in [-0.25, -0.2) is 0 Å². The predicted molar refractivity (Wildman–Crippen MR) is 123 cm³/mol. The number of halogens is 2. The summed E-state index contributed by atoms with van der Waals surface area (Å²) in [6.07, 6.45) is 14.8. The molecule has 2 rings (SSSR count). The Morgan fingerprint density at radius 1 is 0.871 bits per heavy atom. The molecule has 0 saturated carbocycles. The number of ether oxygens (including phenoxy) is 1. The molecule has 0 aliphatic carbocycles. The molecule has 8 heteroatoms. The van der Waals surface area contributed by atoms with Crippen LogP contribution in [0.4, 0.5) is 0 Å². The molecule has 0 bridgehead atoms. The van der Waals surface area contributed by atoms with Crippen molar-refractivity contribution in [2.45, 2.75) is 84.3 Å². The zero-order chi connectivity index (χ0) is 22.5. The van der Waals surface area contributed by atoms with Crippen molar-refractivity contribution in [2.75, 3.05) is 0 Å². The lowest BCUT2D eigenvalue weighted by Gasteiger charge is -2.07. The van der Waals surface area contributed by atoms with Crippen molar-refractivity contribution in [3.63, 3.8) is 0 Å². The van der Waals surface area contributed by atoms with Crippen LogP contribution in [-0.2, 0) is 13.2 Å². The van der Waals surface area contributed by atoms with Gasteiger partial charge < -0.3 is 4.74 Å². The minimum atomic E-state index is -0.688. The summed E-state index contributed by atoms with van der Waals surface area (Å²) in [5.74, 6) is 0.319. The molecule has 0 radical (unpaired) electrons. The summed E-state index contributed by atoms with van der Waals surface area (Å²) in [7, 11) is 0. The molecule has 0 aliphatic heterocycles. The highest BCUT2D eigenvalue weighted by Gasteiger charge is 2.12. The lowest BCUT2D eigenvalue weighted by atomic mass is 10.1. The SMILES string of the molecule is CCCCCCCCCCCCn1cc(COc2cc(C(=O)Cl)cc(C(=O)Cl)c2)nn1. The molecule has 0 N–H and O–H groups in total. The average molecular weight is 468 g/mol. The molecule has 170 valence electrons. The minimum absolute atomic E-state index is 0.146. The van der Waals surface area contributed by atoms with Gasteiger partial charge in [-0.2, -0.15) is 0 Å². The Labute approximate surface area is 194 Å². The molecule has 31 heavy (non-hydrogen) atoms. The summed E-state index contributed by atoms with van der Waals surface area (Å²) in [5, 5.41) is 6.87. The van der Waals surface area contributed by atoms with E-state index in [1.807, 2.05) is 10.9 Å². The zero-order valence-corrected chi connectivity index (χ0v) is 19.6. The summed E-state index contributed by atoms with van der Waals surface area (Å²) in [6, 6.07) is 4.26. The van der Waals surface area contributed by atoms with Gasteiger partial charge in [0.1, 0.15) is 18.1 Å². The predicted octanol–water partition coefficient (Wildman–Crippen LogP) is 6.54. The van der Waals surface area contributed by atoms with Crippen LogP contribution in [0.25, 0.3) is 0 Å². The third-order valence-corrected chi connectivity index (χ3v) is 5.51. The van der Waals surface area contributed by atoms with Crippen LogP contribution < -0.4 is 4.74 Å². The fourth-order valence-corrected chi connectivity index (χ4v) is 3.56. The normalized spacial score (nSPS) is 10.9. The molecule has 2 aromatic rings. The number of aromatic nitrogens is 3. The molecule has 1 aromatic heterocycles. The minimum Gasteiger partial charge on any atom is -0.487 e. The molecule has 0 saturated heterocycles. The van der Waals surface area contributed by atoms with Crippen molar-refractivity contribution in [1.29, 1.82) is 0 Å². The van der Waals surface area contributed by atoms with Crippen molar-refractivity contribution in [3.05, 3.63) is 41.2 Å². The average Bonchev–Trinajstić information content (AvgIpc) is 3.21. The van der Waals surface area contributed by atoms with Crippen molar-refractivity contribution in [3.8, 4) is 5.75 Å². The van der Waals surface area contributed by atoms with Crippen LogP contribution in [0.1, 0.15) is 97.5 Å². The molecule has 1 aromatic carbocycles. The highest BCUT2D eigenvalue weighted by Crippen LogP contribution is 2.21. The van der Waals surface area contributed by atoms with Gasteiger partial charge in [-0.15, -0.1) is 5.10 Å². The second-order valence-corrected chi connectivity index (χ2v) is 8.42. The molecule has 0 unspecified atom stereocenters. The van der Waals surface area contributed by atoms with E-state index in [9.17, 15) is 9.59 Å². The van der Waals surface area contributed by atoms with E-state index in [-0.39, 0.29) is 17.7 Å². The van der Waals surface area contributed by atoms with E-state index in [0.717, 1.165) is 13.0 Å². The van der Waals surface area contributed by atoms with Crippen LogP contribution in [-0.4, -0.2) is 25.5 Å². The lowest BCUT2D eigenvalue weighted by Crippen LogP contribution is -2.01. The third kappa shape index (κ3) is 9.83. The number of nitrogens with zero attached hydrogens (tertiary/aromatic N) is 3. The molecule has 1 heterocycles. The second kappa shape index (κ2) is 14.2. The highest BCUT2D eigenvalue weighted by atomic mass is 35.5. The Morgan fingerprint density at radius 2 is 1.42 bits per heavy atom. The fraction of sp³-hybridized carbons (Fsp3) is 0.565. The molecule has 0 fully saturated rings. The molecule has 6 nitrogen and oxygen atoms in total. The van der Waals surface area contributed by atoms with E-state index in [1.54, 1.807) is 0 Å². The molecule has 0 spiro atoms. The largest absolute Gasteiger partial charge is 0.487 e. The molecule has 0 atom stereocenters. The van der Waals surface area contributed by atoms with Crippen molar-refractivity contribution in [1.82, 2.24) is 15.0 Å². The standard InChI is InChI=1S/C23H31Cl2N3O3/c1-2-3-4-5-6-7-8-9-10-11-12-28-16-20(26-27-28)17-31-21-14-18(22(24)29)13-19(15-21)23(25)30/h13-16H,2-12,17H2,1H3. The van der Waals surface area contributed by atoms with Gasteiger partial charge in [-0.05, 0) is 47.8 Å². The summed E-state index contributed by atoms with van der Waals surface area (Å²) in [5.41, 5.74) is 0.953. The summed E-state index contributed by atoms with van der Waals surface area (Å²) in [6.45, 7) is 3.23. The van der Waals surface area contributed by atoms with Crippen LogP contribution in [0.3, 0.4) is 0 Å². The fourth-order valence-electron chi connectivity index (χ4n) is 3.34.